The van der Waals surface area contributed by atoms with Gasteiger partial charge in [0.1, 0.15) is 5.75 Å². The van der Waals surface area contributed by atoms with Crippen molar-refractivity contribution in [3.63, 3.8) is 0 Å². The Morgan fingerprint density at radius 3 is 2.91 bits per heavy atom. The normalized spacial score (nSPS) is 20.3. The van der Waals surface area contributed by atoms with E-state index in [1.54, 1.807) is 47.0 Å². The van der Waals surface area contributed by atoms with E-state index in [2.05, 4.69) is 15.6 Å². The second-order valence-corrected chi connectivity index (χ2v) is 8.97. The number of likely N-dealkylation sites (N-methyl/N-ethyl adjacent to an activating group) is 1. The molecule has 0 saturated heterocycles. The zero-order valence-electron chi connectivity index (χ0n) is 20.9. The highest BCUT2D eigenvalue weighted by Crippen LogP contribution is 2.24. The molecule has 3 atom stereocenters. The van der Waals surface area contributed by atoms with Crippen LogP contribution in [-0.2, 0) is 22.7 Å². The summed E-state index contributed by atoms with van der Waals surface area (Å²) in [5.41, 5.74) is 1.39. The van der Waals surface area contributed by atoms with Crippen molar-refractivity contribution in [3.05, 3.63) is 36.2 Å². The minimum Gasteiger partial charge on any atom is -0.495 e. The first kappa shape index (κ1) is 26.4. The zero-order valence-corrected chi connectivity index (χ0v) is 20.9. The Bertz CT molecular complexity index is 983. The molecule has 0 aliphatic carbocycles. The zero-order chi connectivity index (χ0) is 25.4. The molecule has 2 N–H and O–H groups in total. The molecule has 35 heavy (non-hydrogen) atoms. The number of fused-ring (bicyclic) bond motifs is 1. The number of nitrogens with one attached hydrogen (secondary N) is 1. The van der Waals surface area contributed by atoms with Crippen molar-refractivity contribution < 1.29 is 24.2 Å². The number of rotatable bonds is 6. The number of benzene rings is 1. The van der Waals surface area contributed by atoms with Crippen molar-refractivity contribution in [2.24, 2.45) is 5.92 Å². The number of aliphatic hydroxyl groups is 1. The molecule has 0 radical (unpaired) electrons. The number of anilines is 1. The molecular formula is C24H36N6O5. The largest absolute Gasteiger partial charge is 0.495 e. The lowest BCUT2D eigenvalue weighted by atomic mass is 10.0. The van der Waals surface area contributed by atoms with Gasteiger partial charge in [-0.25, -0.2) is 9.48 Å². The van der Waals surface area contributed by atoms with Crippen molar-refractivity contribution in [2.45, 2.75) is 52.0 Å². The van der Waals surface area contributed by atoms with E-state index in [1.807, 2.05) is 26.0 Å². The van der Waals surface area contributed by atoms with Crippen LogP contribution in [0.1, 0.15) is 32.4 Å². The maximum Gasteiger partial charge on any atom is 0.321 e. The lowest BCUT2D eigenvalue weighted by Gasteiger charge is -2.35. The minimum absolute atomic E-state index is 0.0262. The Morgan fingerprint density at radius 1 is 1.40 bits per heavy atom. The second kappa shape index (κ2) is 12.5. The molecular weight excluding hydrogens is 452 g/mol. The van der Waals surface area contributed by atoms with Gasteiger partial charge in [-0.3, -0.25) is 4.79 Å². The molecule has 0 saturated carbocycles. The average Bonchev–Trinajstić information content (AvgIpc) is 3.30. The highest BCUT2D eigenvalue weighted by molar-refractivity contribution is 5.90. The van der Waals surface area contributed by atoms with Crippen molar-refractivity contribution in [3.8, 4) is 5.75 Å². The van der Waals surface area contributed by atoms with Crippen molar-refractivity contribution in [2.75, 3.05) is 39.2 Å². The number of aryl methyl sites for hydroxylation is 1. The number of aliphatic hydroxyl groups excluding tert-OH is 1. The summed E-state index contributed by atoms with van der Waals surface area (Å²) in [6, 6.07) is 6.58. The number of urea groups is 1. The van der Waals surface area contributed by atoms with Gasteiger partial charge in [0.15, 0.2) is 0 Å². The Balaban J connectivity index is 1.78. The maximum atomic E-state index is 13.0. The minimum atomic E-state index is -0.382. The molecule has 2 aromatic rings. The standard InChI is InChI=1S/C24H36N6O5/c1-17-13-29(18(2)15-31)23(32)10-7-11-30-19(12-25-27-30)16-35-22(17)14-28(3)24(33)26-20-8-5-6-9-21(20)34-4/h5-6,8-9,12,17-18,22,31H,7,10-11,13-16H2,1-4H3,(H,26,33)/t17-,18-,22-/m1/s1. The fourth-order valence-corrected chi connectivity index (χ4v) is 4.06. The number of methoxy groups -OCH3 is 1. The predicted octanol–water partition coefficient (Wildman–Crippen LogP) is 1.98. The molecule has 0 spiro atoms. The fraction of sp³-hybridized carbons (Fsp3) is 0.583. The van der Waals surface area contributed by atoms with E-state index >= 15 is 0 Å². The summed E-state index contributed by atoms with van der Waals surface area (Å²) in [5, 5.41) is 20.7. The van der Waals surface area contributed by atoms with Gasteiger partial charge in [-0.05, 0) is 25.5 Å². The van der Waals surface area contributed by atoms with Crippen molar-refractivity contribution in [1.29, 1.82) is 0 Å². The molecule has 1 aromatic heterocycles. The van der Waals surface area contributed by atoms with E-state index in [0.29, 0.717) is 43.9 Å². The van der Waals surface area contributed by atoms with Gasteiger partial charge >= 0.3 is 6.03 Å². The average molecular weight is 489 g/mol. The van der Waals surface area contributed by atoms with E-state index in [1.165, 1.54) is 0 Å². The summed E-state index contributed by atoms with van der Waals surface area (Å²) in [4.78, 5) is 29.2. The summed E-state index contributed by atoms with van der Waals surface area (Å²) in [7, 11) is 3.25. The highest BCUT2D eigenvalue weighted by atomic mass is 16.5. The van der Waals surface area contributed by atoms with E-state index in [4.69, 9.17) is 9.47 Å². The Kier molecular flexibility index (Phi) is 9.44. The smallest absolute Gasteiger partial charge is 0.321 e. The van der Waals surface area contributed by atoms with Crippen LogP contribution in [0.2, 0.25) is 0 Å². The lowest BCUT2D eigenvalue weighted by Crippen LogP contribution is -2.48. The third-order valence-electron chi connectivity index (χ3n) is 6.29. The van der Waals surface area contributed by atoms with Gasteiger partial charge in [-0.1, -0.05) is 24.3 Å². The molecule has 2 heterocycles. The van der Waals surface area contributed by atoms with Crippen LogP contribution in [0.4, 0.5) is 10.5 Å². The van der Waals surface area contributed by atoms with E-state index in [-0.39, 0.29) is 43.2 Å². The molecule has 11 heteroatoms. The Morgan fingerprint density at radius 2 is 2.17 bits per heavy atom. The third kappa shape index (κ3) is 6.92. The molecule has 0 bridgehead atoms. The third-order valence-corrected chi connectivity index (χ3v) is 6.29. The van der Waals surface area contributed by atoms with Gasteiger partial charge in [0.25, 0.3) is 0 Å². The molecule has 1 aliphatic rings. The van der Waals surface area contributed by atoms with E-state index in [9.17, 15) is 14.7 Å². The van der Waals surface area contributed by atoms with Crippen molar-refractivity contribution in [1.82, 2.24) is 24.8 Å². The topological polar surface area (TPSA) is 122 Å². The summed E-state index contributed by atoms with van der Waals surface area (Å²) in [5.74, 6) is 0.428. The van der Waals surface area contributed by atoms with Gasteiger partial charge in [0.05, 0.1) is 50.0 Å². The second-order valence-electron chi connectivity index (χ2n) is 8.97. The molecule has 1 aromatic carbocycles. The van der Waals surface area contributed by atoms with E-state index in [0.717, 1.165) is 5.69 Å². The number of hydrogen-bond donors (Lipinski definition) is 2. The van der Waals surface area contributed by atoms with Crippen LogP contribution < -0.4 is 10.1 Å². The summed E-state index contributed by atoms with van der Waals surface area (Å²) in [6.45, 7) is 5.22. The molecule has 11 nitrogen and oxygen atoms in total. The maximum absolute atomic E-state index is 13.0. The number of amides is 3. The molecule has 0 fully saturated rings. The SMILES string of the molecule is COc1ccccc1NC(=O)N(C)C[C@H]1OCc2cnnn2CCCC(=O)N([C@H](C)CO)C[C@H]1C. The molecule has 1 aliphatic heterocycles. The summed E-state index contributed by atoms with van der Waals surface area (Å²) < 4.78 is 13.3. The molecule has 0 unspecified atom stereocenters. The lowest BCUT2D eigenvalue weighted by molar-refractivity contribution is -0.136. The monoisotopic (exact) mass is 488 g/mol. The molecule has 3 amide bonds. The molecule has 192 valence electrons. The number of nitrogens with zero attached hydrogens (tertiary/aromatic N) is 5. The van der Waals surface area contributed by atoms with Crippen LogP contribution in [0.25, 0.3) is 0 Å². The number of ether oxygens (including phenoxy) is 2. The van der Waals surface area contributed by atoms with Gasteiger partial charge in [-0.2, -0.15) is 0 Å². The number of carbonyl (C=O) groups excluding carboxylic acids is 2. The van der Waals surface area contributed by atoms with Crippen LogP contribution in [0, 0.1) is 5.92 Å². The number of carbonyl (C=O) groups is 2. The van der Waals surface area contributed by atoms with Crippen LogP contribution in [-0.4, -0.2) is 87.8 Å². The van der Waals surface area contributed by atoms with Crippen LogP contribution in [0.5, 0.6) is 5.75 Å². The van der Waals surface area contributed by atoms with Gasteiger partial charge in [0.2, 0.25) is 5.91 Å². The highest BCUT2D eigenvalue weighted by Gasteiger charge is 2.29. The van der Waals surface area contributed by atoms with Gasteiger partial charge in [0, 0.05) is 39.0 Å². The Hall–Kier alpha value is -3.18. The fourth-order valence-electron chi connectivity index (χ4n) is 4.06. The molecule has 3 rings (SSSR count). The first-order chi connectivity index (χ1) is 16.8. The number of hydrogen-bond acceptors (Lipinski definition) is 7. The van der Waals surface area contributed by atoms with Crippen LogP contribution in [0.3, 0.4) is 0 Å². The predicted molar refractivity (Wildman–Crippen MR) is 130 cm³/mol. The number of para-hydroxylation sites is 2. The quantitative estimate of drug-likeness (QED) is 0.637. The van der Waals surface area contributed by atoms with Gasteiger partial charge in [-0.15, -0.1) is 5.10 Å². The summed E-state index contributed by atoms with van der Waals surface area (Å²) >= 11 is 0. The van der Waals surface area contributed by atoms with Crippen molar-refractivity contribution >= 4 is 17.6 Å². The van der Waals surface area contributed by atoms with E-state index < -0.39 is 0 Å². The number of aromatic nitrogens is 3. The van der Waals surface area contributed by atoms with Crippen LogP contribution in [0.15, 0.2) is 30.5 Å². The first-order valence-electron chi connectivity index (χ1n) is 11.9. The Labute approximate surface area is 206 Å². The van der Waals surface area contributed by atoms with Gasteiger partial charge < -0.3 is 29.7 Å². The van der Waals surface area contributed by atoms with Crippen LogP contribution >= 0.6 is 0 Å². The first-order valence-corrected chi connectivity index (χ1v) is 11.9. The summed E-state index contributed by atoms with van der Waals surface area (Å²) in [6.07, 6.45) is 2.25.